The molecule has 0 aliphatic carbocycles. The second-order valence-electron chi connectivity index (χ2n) is 4.81. The molecule has 0 aliphatic rings. The van der Waals surface area contributed by atoms with Gasteiger partial charge in [-0.25, -0.2) is 13.1 Å². The Kier molecular flexibility index (Phi) is 7.58. The zero-order chi connectivity index (χ0) is 15.0. The molecular formula is C14H23NO3S2. The van der Waals surface area contributed by atoms with Gasteiger partial charge in [-0.1, -0.05) is 26.0 Å². The van der Waals surface area contributed by atoms with E-state index in [4.69, 9.17) is 5.11 Å². The van der Waals surface area contributed by atoms with Crippen LogP contribution in [0.1, 0.15) is 31.7 Å². The lowest BCUT2D eigenvalue weighted by Gasteiger charge is -2.09. The average Bonchev–Trinajstić information content (AvgIpc) is 2.43. The van der Waals surface area contributed by atoms with Crippen LogP contribution in [0.15, 0.2) is 29.2 Å². The monoisotopic (exact) mass is 317 g/mol. The number of sulfonamides is 1. The summed E-state index contributed by atoms with van der Waals surface area (Å²) in [7, 11) is -3.41. The zero-order valence-corrected chi connectivity index (χ0v) is 13.6. The minimum absolute atomic E-state index is 0.181. The van der Waals surface area contributed by atoms with Crippen LogP contribution in [0, 0.1) is 0 Å². The number of hydrogen-bond donors (Lipinski definition) is 2. The molecule has 4 nitrogen and oxygen atoms in total. The Balaban J connectivity index is 2.47. The lowest BCUT2D eigenvalue weighted by Crippen LogP contribution is -2.26. The SMILES string of the molecule is CC(C)c1ccc(S(=O)(=O)NCCSCCCO)cc1. The Morgan fingerprint density at radius 3 is 2.40 bits per heavy atom. The molecule has 1 aromatic rings. The first-order chi connectivity index (χ1) is 9.47. The molecule has 0 aromatic heterocycles. The van der Waals surface area contributed by atoms with Crippen LogP contribution in [0.2, 0.25) is 0 Å². The van der Waals surface area contributed by atoms with Crippen LogP contribution in [-0.2, 0) is 10.0 Å². The Hall–Kier alpha value is -0.560. The second kappa shape index (κ2) is 8.67. The molecule has 0 atom stereocenters. The van der Waals surface area contributed by atoms with Gasteiger partial charge < -0.3 is 5.11 Å². The van der Waals surface area contributed by atoms with E-state index in [-0.39, 0.29) is 6.61 Å². The number of hydrogen-bond acceptors (Lipinski definition) is 4. The topological polar surface area (TPSA) is 66.4 Å². The maximum atomic E-state index is 12.0. The normalized spacial score (nSPS) is 12.0. The molecule has 0 unspecified atom stereocenters. The van der Waals surface area contributed by atoms with E-state index >= 15 is 0 Å². The molecular weight excluding hydrogens is 294 g/mol. The summed E-state index contributed by atoms with van der Waals surface area (Å²) in [5, 5.41) is 8.64. The number of benzene rings is 1. The standard InChI is InChI=1S/C14H23NO3S2/c1-12(2)13-4-6-14(7-5-13)20(17,18)15-8-11-19-10-3-9-16/h4-7,12,15-16H,3,8-11H2,1-2H3. The van der Waals surface area contributed by atoms with Crippen LogP contribution in [0.4, 0.5) is 0 Å². The summed E-state index contributed by atoms with van der Waals surface area (Å²) in [5.74, 6) is 1.95. The highest BCUT2D eigenvalue weighted by atomic mass is 32.2. The lowest BCUT2D eigenvalue weighted by atomic mass is 10.0. The van der Waals surface area contributed by atoms with Crippen LogP contribution < -0.4 is 4.72 Å². The van der Waals surface area contributed by atoms with E-state index in [1.54, 1.807) is 23.9 Å². The maximum Gasteiger partial charge on any atom is 0.240 e. The molecule has 0 saturated heterocycles. The van der Waals surface area contributed by atoms with Crippen molar-refractivity contribution in [1.29, 1.82) is 0 Å². The summed E-state index contributed by atoms with van der Waals surface area (Å²) in [5.41, 5.74) is 1.13. The van der Waals surface area contributed by atoms with Gasteiger partial charge in [-0.3, -0.25) is 0 Å². The molecule has 0 fully saturated rings. The van der Waals surface area contributed by atoms with Crippen LogP contribution in [0.3, 0.4) is 0 Å². The van der Waals surface area contributed by atoms with Gasteiger partial charge in [-0.2, -0.15) is 11.8 Å². The van der Waals surface area contributed by atoms with E-state index in [9.17, 15) is 8.42 Å². The molecule has 0 amide bonds. The van der Waals surface area contributed by atoms with Crippen molar-refractivity contribution in [1.82, 2.24) is 4.72 Å². The first kappa shape index (κ1) is 17.5. The minimum Gasteiger partial charge on any atom is -0.396 e. The highest BCUT2D eigenvalue weighted by Crippen LogP contribution is 2.17. The number of aliphatic hydroxyl groups excluding tert-OH is 1. The van der Waals surface area contributed by atoms with Crippen LogP contribution in [0.25, 0.3) is 0 Å². The Morgan fingerprint density at radius 2 is 1.85 bits per heavy atom. The van der Waals surface area contributed by atoms with Crippen molar-refractivity contribution >= 4 is 21.8 Å². The minimum atomic E-state index is -3.41. The largest absolute Gasteiger partial charge is 0.396 e. The summed E-state index contributed by atoms with van der Waals surface area (Å²) >= 11 is 1.63. The summed E-state index contributed by atoms with van der Waals surface area (Å²) in [6.45, 7) is 4.74. The van der Waals surface area contributed by atoms with Crippen molar-refractivity contribution in [2.45, 2.75) is 31.1 Å². The third kappa shape index (κ3) is 5.83. The molecule has 0 radical (unpaired) electrons. The smallest absolute Gasteiger partial charge is 0.240 e. The van der Waals surface area contributed by atoms with Gasteiger partial charge in [-0.15, -0.1) is 0 Å². The van der Waals surface area contributed by atoms with Crippen LogP contribution in [-0.4, -0.2) is 38.2 Å². The fourth-order valence-electron chi connectivity index (χ4n) is 1.63. The second-order valence-corrected chi connectivity index (χ2v) is 7.80. The number of aliphatic hydroxyl groups is 1. The maximum absolute atomic E-state index is 12.0. The molecule has 0 bridgehead atoms. The molecule has 6 heteroatoms. The van der Waals surface area contributed by atoms with E-state index < -0.39 is 10.0 Å². The summed E-state index contributed by atoms with van der Waals surface area (Å²) < 4.78 is 26.7. The summed E-state index contributed by atoms with van der Waals surface area (Å²) in [6, 6.07) is 7.01. The first-order valence-corrected chi connectivity index (χ1v) is 9.39. The van der Waals surface area contributed by atoms with E-state index in [1.807, 2.05) is 12.1 Å². The van der Waals surface area contributed by atoms with Gasteiger partial charge in [0, 0.05) is 18.9 Å². The van der Waals surface area contributed by atoms with Crippen molar-refractivity contribution in [2.24, 2.45) is 0 Å². The Morgan fingerprint density at radius 1 is 1.20 bits per heavy atom. The van der Waals surface area contributed by atoms with Crippen molar-refractivity contribution in [3.63, 3.8) is 0 Å². The van der Waals surface area contributed by atoms with Crippen molar-refractivity contribution in [2.75, 3.05) is 24.7 Å². The molecule has 0 spiro atoms. The van der Waals surface area contributed by atoms with E-state index in [1.165, 1.54) is 0 Å². The predicted octanol–water partition coefficient (Wildman–Crippen LogP) is 2.20. The highest BCUT2D eigenvalue weighted by Gasteiger charge is 2.13. The number of rotatable bonds is 9. The third-order valence-corrected chi connectivity index (χ3v) is 5.39. The van der Waals surface area contributed by atoms with Gasteiger partial charge in [0.15, 0.2) is 0 Å². The molecule has 2 N–H and O–H groups in total. The fraction of sp³-hybridized carbons (Fsp3) is 0.571. The Bertz CT molecular complexity index is 484. The molecule has 0 saturated carbocycles. The molecule has 20 heavy (non-hydrogen) atoms. The van der Waals surface area contributed by atoms with Gasteiger partial charge in [0.2, 0.25) is 10.0 Å². The fourth-order valence-corrected chi connectivity index (χ4v) is 3.58. The molecule has 114 valence electrons. The van der Waals surface area contributed by atoms with Crippen molar-refractivity contribution in [3.8, 4) is 0 Å². The highest BCUT2D eigenvalue weighted by molar-refractivity contribution is 7.99. The molecule has 0 aliphatic heterocycles. The first-order valence-electron chi connectivity index (χ1n) is 6.75. The van der Waals surface area contributed by atoms with Crippen LogP contribution >= 0.6 is 11.8 Å². The van der Waals surface area contributed by atoms with Gasteiger partial charge in [0.25, 0.3) is 0 Å². The number of nitrogens with one attached hydrogen (secondary N) is 1. The average molecular weight is 317 g/mol. The van der Waals surface area contributed by atoms with Crippen molar-refractivity contribution in [3.05, 3.63) is 29.8 Å². The number of thioether (sulfide) groups is 1. The zero-order valence-electron chi connectivity index (χ0n) is 12.0. The quantitative estimate of drug-likeness (QED) is 0.685. The van der Waals surface area contributed by atoms with Gasteiger partial charge >= 0.3 is 0 Å². The molecule has 1 aromatic carbocycles. The Labute approximate surface area is 126 Å². The molecule has 0 heterocycles. The lowest BCUT2D eigenvalue weighted by molar-refractivity contribution is 0.296. The van der Waals surface area contributed by atoms with Crippen LogP contribution in [0.5, 0.6) is 0 Å². The third-order valence-electron chi connectivity index (χ3n) is 2.84. The van der Waals surface area contributed by atoms with Gasteiger partial charge in [-0.05, 0) is 35.8 Å². The van der Waals surface area contributed by atoms with Gasteiger partial charge in [0.1, 0.15) is 0 Å². The molecule has 1 rings (SSSR count). The van der Waals surface area contributed by atoms with E-state index in [0.717, 1.165) is 17.7 Å². The van der Waals surface area contributed by atoms with E-state index in [0.29, 0.717) is 23.1 Å². The van der Waals surface area contributed by atoms with Gasteiger partial charge in [0.05, 0.1) is 4.90 Å². The van der Waals surface area contributed by atoms with Crippen molar-refractivity contribution < 1.29 is 13.5 Å². The summed E-state index contributed by atoms with van der Waals surface area (Å²) in [4.78, 5) is 0.308. The summed E-state index contributed by atoms with van der Waals surface area (Å²) in [6.07, 6.45) is 0.744. The van der Waals surface area contributed by atoms with E-state index in [2.05, 4.69) is 18.6 Å². The predicted molar refractivity (Wildman–Crippen MR) is 84.7 cm³/mol.